The summed E-state index contributed by atoms with van der Waals surface area (Å²) in [7, 11) is -2.11. The summed E-state index contributed by atoms with van der Waals surface area (Å²) in [5.74, 6) is -0.119. The van der Waals surface area contributed by atoms with E-state index in [1.165, 1.54) is 7.11 Å². The lowest BCUT2D eigenvalue weighted by molar-refractivity contribution is 0.0941. The van der Waals surface area contributed by atoms with Crippen LogP contribution < -0.4 is 15.0 Å². The molecule has 2 aromatic carbocycles. The Kier molecular flexibility index (Phi) is 6.36. The Morgan fingerprint density at radius 3 is 2.36 bits per heavy atom. The number of benzene rings is 2. The van der Waals surface area contributed by atoms with Crippen molar-refractivity contribution in [1.82, 2.24) is 10.3 Å². The first kappa shape index (κ1) is 20.4. The van der Waals surface area contributed by atoms with E-state index in [0.717, 1.165) is 36.0 Å². The number of carbonyl (C=O) groups is 1. The van der Waals surface area contributed by atoms with Crippen molar-refractivity contribution in [3.05, 3.63) is 53.6 Å². The van der Waals surface area contributed by atoms with Gasteiger partial charge in [-0.3, -0.25) is 10.2 Å². The number of ether oxygens (including phenoxy) is 1. The molecular formula is C21H26N2O4S. The van der Waals surface area contributed by atoms with Crippen molar-refractivity contribution in [3.8, 4) is 16.9 Å². The zero-order valence-electron chi connectivity index (χ0n) is 16.2. The van der Waals surface area contributed by atoms with E-state index in [-0.39, 0.29) is 5.56 Å². The molecule has 6 nitrogen and oxygen atoms in total. The Labute approximate surface area is 166 Å². The average molecular weight is 403 g/mol. The fourth-order valence-electron chi connectivity index (χ4n) is 3.65. The van der Waals surface area contributed by atoms with E-state index in [9.17, 15) is 13.2 Å². The highest BCUT2D eigenvalue weighted by molar-refractivity contribution is 7.90. The van der Waals surface area contributed by atoms with Crippen molar-refractivity contribution in [2.24, 2.45) is 0 Å². The maximum Gasteiger partial charge on any atom is 0.270 e. The van der Waals surface area contributed by atoms with E-state index in [0.29, 0.717) is 18.6 Å². The molecule has 1 aliphatic rings. The van der Waals surface area contributed by atoms with Crippen LogP contribution in [0.3, 0.4) is 0 Å². The Morgan fingerprint density at radius 1 is 1.04 bits per heavy atom. The minimum absolute atomic E-state index is 0.285. The van der Waals surface area contributed by atoms with Crippen LogP contribution in [0.15, 0.2) is 42.5 Å². The third kappa shape index (κ3) is 4.54. The molecule has 1 saturated carbocycles. The van der Waals surface area contributed by atoms with Gasteiger partial charge in [-0.25, -0.2) is 8.42 Å². The molecule has 1 amide bonds. The van der Waals surface area contributed by atoms with E-state index in [1.54, 1.807) is 6.07 Å². The first-order valence-corrected chi connectivity index (χ1v) is 11.0. The van der Waals surface area contributed by atoms with E-state index < -0.39 is 21.2 Å². The number of carbonyl (C=O) groups excluding carboxylic acids is 1. The Hall–Kier alpha value is -2.38. The van der Waals surface area contributed by atoms with Gasteiger partial charge >= 0.3 is 0 Å². The summed E-state index contributed by atoms with van der Waals surface area (Å²) in [6.07, 6.45) is 4.09. The maximum absolute atomic E-state index is 12.8. The van der Waals surface area contributed by atoms with Crippen LogP contribution in [-0.2, 0) is 10.0 Å². The van der Waals surface area contributed by atoms with Gasteiger partial charge in [0.2, 0.25) is 10.0 Å². The third-order valence-electron chi connectivity index (χ3n) is 5.13. The summed E-state index contributed by atoms with van der Waals surface area (Å²) in [5.41, 5.74) is 5.26. The third-order valence-corrected chi connectivity index (χ3v) is 6.86. The minimum Gasteiger partial charge on any atom is -0.496 e. The van der Waals surface area contributed by atoms with Crippen LogP contribution in [0.4, 0.5) is 0 Å². The molecule has 0 unspecified atom stereocenters. The lowest BCUT2D eigenvalue weighted by Crippen LogP contribution is -2.46. The Morgan fingerprint density at radius 2 is 1.71 bits per heavy atom. The second-order valence-electron chi connectivity index (χ2n) is 7.10. The van der Waals surface area contributed by atoms with Crippen LogP contribution in [0.5, 0.6) is 5.75 Å². The monoisotopic (exact) mass is 402 g/mol. The molecule has 2 N–H and O–H groups in total. The largest absolute Gasteiger partial charge is 0.496 e. The molecule has 0 heterocycles. The first-order valence-electron chi connectivity index (χ1n) is 9.47. The molecule has 1 fully saturated rings. The predicted molar refractivity (Wildman–Crippen MR) is 110 cm³/mol. The van der Waals surface area contributed by atoms with E-state index >= 15 is 0 Å². The molecule has 28 heavy (non-hydrogen) atoms. The van der Waals surface area contributed by atoms with Crippen LogP contribution in [0.1, 0.15) is 48.0 Å². The molecule has 0 aromatic heterocycles. The second-order valence-corrected chi connectivity index (χ2v) is 9.06. The number of hydrogen-bond acceptors (Lipinski definition) is 4. The van der Waals surface area contributed by atoms with Gasteiger partial charge in [-0.05, 0) is 48.6 Å². The van der Waals surface area contributed by atoms with Crippen molar-refractivity contribution in [1.29, 1.82) is 0 Å². The lowest BCUT2D eigenvalue weighted by Gasteiger charge is -2.22. The van der Waals surface area contributed by atoms with Gasteiger partial charge < -0.3 is 4.74 Å². The van der Waals surface area contributed by atoms with Gasteiger partial charge in [-0.1, -0.05) is 49.6 Å². The SMILES string of the molecule is COc1c(C)cc(-c2ccccc2)cc1C(=O)NNS(=O)(=O)C1CCCCC1. The normalized spacial score (nSPS) is 15.2. The van der Waals surface area contributed by atoms with Crippen LogP contribution in [0.2, 0.25) is 0 Å². The standard InChI is InChI=1S/C21H26N2O4S/c1-15-13-17(16-9-5-3-6-10-16)14-19(20(15)27-2)21(24)22-23-28(25,26)18-11-7-4-8-12-18/h3,5-6,9-10,13-14,18,23H,4,7-8,11-12H2,1-2H3,(H,22,24). The highest BCUT2D eigenvalue weighted by Gasteiger charge is 2.28. The molecule has 0 saturated heterocycles. The highest BCUT2D eigenvalue weighted by atomic mass is 32.2. The quantitative estimate of drug-likeness (QED) is 0.724. The average Bonchev–Trinajstić information content (AvgIpc) is 2.72. The van der Waals surface area contributed by atoms with Crippen molar-refractivity contribution in [2.75, 3.05) is 7.11 Å². The predicted octanol–water partition coefficient (Wildman–Crippen LogP) is 3.57. The summed E-state index contributed by atoms with van der Waals surface area (Å²) >= 11 is 0. The molecule has 0 aliphatic heterocycles. The van der Waals surface area contributed by atoms with Gasteiger partial charge in [0.25, 0.3) is 5.91 Å². The zero-order chi connectivity index (χ0) is 20.1. The smallest absolute Gasteiger partial charge is 0.270 e. The number of rotatable bonds is 6. The fourth-order valence-corrected chi connectivity index (χ4v) is 5.01. The summed E-state index contributed by atoms with van der Waals surface area (Å²) in [4.78, 5) is 15.0. The molecule has 0 radical (unpaired) electrons. The number of methoxy groups -OCH3 is 1. The molecule has 0 atom stereocenters. The number of aryl methyl sites for hydroxylation is 1. The molecule has 0 bridgehead atoms. The number of hydrazine groups is 1. The first-order chi connectivity index (χ1) is 13.4. The highest BCUT2D eigenvalue weighted by Crippen LogP contribution is 2.30. The molecular weight excluding hydrogens is 376 g/mol. The molecule has 3 rings (SSSR count). The van der Waals surface area contributed by atoms with Crippen LogP contribution in [0, 0.1) is 6.92 Å². The summed E-state index contributed by atoms with van der Waals surface area (Å²) in [5, 5.41) is -0.458. The maximum atomic E-state index is 12.8. The summed E-state index contributed by atoms with van der Waals surface area (Å²) in [6, 6.07) is 13.3. The van der Waals surface area contributed by atoms with E-state index in [2.05, 4.69) is 10.3 Å². The Bertz CT molecular complexity index is 936. The second kappa shape index (κ2) is 8.75. The van der Waals surface area contributed by atoms with Crippen molar-refractivity contribution >= 4 is 15.9 Å². The lowest BCUT2D eigenvalue weighted by atomic mass is 9.99. The Balaban J connectivity index is 1.83. The van der Waals surface area contributed by atoms with E-state index in [1.807, 2.05) is 43.3 Å². The van der Waals surface area contributed by atoms with Gasteiger partial charge in [0.1, 0.15) is 5.75 Å². The minimum atomic E-state index is -3.60. The zero-order valence-corrected chi connectivity index (χ0v) is 17.0. The summed E-state index contributed by atoms with van der Waals surface area (Å²) in [6.45, 7) is 1.86. The number of sulfonamides is 1. The van der Waals surface area contributed by atoms with Gasteiger partial charge in [-0.15, -0.1) is 4.83 Å². The van der Waals surface area contributed by atoms with Gasteiger partial charge in [-0.2, -0.15) is 0 Å². The van der Waals surface area contributed by atoms with Gasteiger partial charge in [0, 0.05) is 0 Å². The van der Waals surface area contributed by atoms with Gasteiger partial charge in [0.05, 0.1) is 17.9 Å². The topological polar surface area (TPSA) is 84.5 Å². The number of amides is 1. The fraction of sp³-hybridized carbons (Fsp3) is 0.381. The van der Waals surface area contributed by atoms with Crippen molar-refractivity contribution in [3.63, 3.8) is 0 Å². The number of hydrogen-bond donors (Lipinski definition) is 2. The van der Waals surface area contributed by atoms with Crippen LogP contribution in [0.25, 0.3) is 11.1 Å². The summed E-state index contributed by atoms with van der Waals surface area (Å²) < 4.78 is 30.3. The molecule has 150 valence electrons. The van der Waals surface area contributed by atoms with Crippen LogP contribution in [-0.4, -0.2) is 26.7 Å². The molecule has 7 heteroatoms. The number of nitrogens with one attached hydrogen (secondary N) is 2. The molecule has 1 aliphatic carbocycles. The van der Waals surface area contributed by atoms with Crippen molar-refractivity contribution < 1.29 is 17.9 Å². The van der Waals surface area contributed by atoms with Gasteiger partial charge in [0.15, 0.2) is 0 Å². The molecule has 2 aromatic rings. The van der Waals surface area contributed by atoms with Crippen molar-refractivity contribution in [2.45, 2.75) is 44.3 Å². The molecule has 0 spiro atoms. The van der Waals surface area contributed by atoms with E-state index in [4.69, 9.17) is 4.74 Å². The van der Waals surface area contributed by atoms with Crippen LogP contribution >= 0.6 is 0 Å².